The van der Waals surface area contributed by atoms with Crippen LogP contribution in [0.15, 0.2) is 60.0 Å². The Labute approximate surface area is 236 Å². The molecule has 1 aromatic heterocycles. The third-order valence-corrected chi connectivity index (χ3v) is 9.26. The van der Waals surface area contributed by atoms with Crippen LogP contribution in [-0.4, -0.2) is 66.1 Å². The average molecular weight is 552 g/mol. The molecule has 0 radical (unpaired) electrons. The number of hydrogen-bond acceptors (Lipinski definition) is 5. The minimum absolute atomic E-state index is 0.0968. The normalized spacial score (nSPS) is 20.3. The van der Waals surface area contributed by atoms with Gasteiger partial charge in [-0.25, -0.2) is 9.37 Å². The van der Waals surface area contributed by atoms with Gasteiger partial charge < -0.3 is 14.9 Å². The van der Waals surface area contributed by atoms with Crippen molar-refractivity contribution in [3.63, 3.8) is 0 Å². The van der Waals surface area contributed by atoms with Gasteiger partial charge in [0.15, 0.2) is 0 Å². The molecule has 2 aliphatic heterocycles. The van der Waals surface area contributed by atoms with Crippen LogP contribution in [0.2, 0.25) is 0 Å². The van der Waals surface area contributed by atoms with Crippen molar-refractivity contribution in [3.8, 4) is 10.6 Å². The second-order valence-electron chi connectivity index (χ2n) is 11.1. The zero-order chi connectivity index (χ0) is 27.5. The monoisotopic (exact) mass is 551 g/mol. The van der Waals surface area contributed by atoms with Crippen molar-refractivity contribution in [2.75, 3.05) is 39.8 Å². The molecule has 0 amide bonds. The topological polar surface area (TPSA) is 56.7 Å². The van der Waals surface area contributed by atoms with Crippen molar-refractivity contribution in [1.82, 2.24) is 14.8 Å². The molecule has 0 bridgehead atoms. The number of carbonyl (C=O) groups is 1. The summed E-state index contributed by atoms with van der Waals surface area (Å²) < 4.78 is 13.2. The number of benzene rings is 2. The molecule has 0 spiro atoms. The van der Waals surface area contributed by atoms with Gasteiger partial charge in [-0.2, -0.15) is 0 Å². The largest absolute Gasteiger partial charge is 0.483 e. The molecular formula is C32H42FN3O2S. The summed E-state index contributed by atoms with van der Waals surface area (Å²) in [5.41, 5.74) is 3.72. The summed E-state index contributed by atoms with van der Waals surface area (Å²) in [6.07, 6.45) is 9.38. The van der Waals surface area contributed by atoms with Crippen molar-refractivity contribution in [2.45, 2.75) is 56.8 Å². The molecule has 0 unspecified atom stereocenters. The van der Waals surface area contributed by atoms with Crippen LogP contribution < -0.4 is 0 Å². The zero-order valence-corrected chi connectivity index (χ0v) is 23.9. The van der Waals surface area contributed by atoms with Crippen LogP contribution in [0, 0.1) is 11.7 Å². The first-order chi connectivity index (χ1) is 19.1. The first-order valence-corrected chi connectivity index (χ1v) is 15.2. The van der Waals surface area contributed by atoms with E-state index in [1.807, 2.05) is 6.07 Å². The van der Waals surface area contributed by atoms with Crippen molar-refractivity contribution in [1.29, 1.82) is 0 Å². The number of rotatable bonds is 6. The van der Waals surface area contributed by atoms with Gasteiger partial charge in [-0.05, 0) is 88.4 Å². The lowest BCUT2D eigenvalue weighted by Crippen LogP contribution is -2.29. The lowest BCUT2D eigenvalue weighted by Gasteiger charge is -2.27. The highest BCUT2D eigenvalue weighted by Gasteiger charge is 2.25. The first kappa shape index (κ1) is 29.4. The number of piperidine rings is 1. The molecule has 1 atom stereocenters. The molecule has 5 nitrogen and oxygen atoms in total. The zero-order valence-electron chi connectivity index (χ0n) is 23.1. The molecule has 1 N–H and O–H groups in total. The van der Waals surface area contributed by atoms with Gasteiger partial charge in [-0.15, -0.1) is 11.3 Å². The third-order valence-electron chi connectivity index (χ3n) is 8.35. The minimum atomic E-state index is -0.250. The average Bonchev–Trinajstić information content (AvgIpc) is 3.60. The van der Waals surface area contributed by atoms with Gasteiger partial charge in [0.2, 0.25) is 0 Å². The molecule has 6 rings (SSSR count). The van der Waals surface area contributed by atoms with Crippen molar-refractivity contribution >= 4 is 17.8 Å². The van der Waals surface area contributed by atoms with Crippen molar-refractivity contribution in [2.24, 2.45) is 5.92 Å². The Morgan fingerprint density at radius 1 is 1.00 bits per heavy atom. The number of hydrogen-bond donors (Lipinski definition) is 1. The van der Waals surface area contributed by atoms with E-state index in [0.29, 0.717) is 11.8 Å². The van der Waals surface area contributed by atoms with Crippen LogP contribution >= 0.6 is 11.3 Å². The van der Waals surface area contributed by atoms with E-state index in [-0.39, 0.29) is 12.3 Å². The van der Waals surface area contributed by atoms with Crippen molar-refractivity contribution < 1.29 is 14.3 Å². The van der Waals surface area contributed by atoms with Crippen LogP contribution in [0.5, 0.6) is 0 Å². The van der Waals surface area contributed by atoms with E-state index in [0.717, 1.165) is 17.5 Å². The van der Waals surface area contributed by atoms with Crippen LogP contribution in [0.4, 0.5) is 4.39 Å². The maximum Gasteiger partial charge on any atom is 0.290 e. The third kappa shape index (κ3) is 8.95. The summed E-state index contributed by atoms with van der Waals surface area (Å²) in [5.74, 6) is 2.11. The molecule has 3 aromatic rings. The molecule has 1 saturated carbocycles. The molecule has 3 aliphatic rings. The predicted octanol–water partition coefficient (Wildman–Crippen LogP) is 7.13. The van der Waals surface area contributed by atoms with Gasteiger partial charge in [0.1, 0.15) is 10.8 Å². The predicted molar refractivity (Wildman–Crippen MR) is 158 cm³/mol. The number of halogens is 1. The summed E-state index contributed by atoms with van der Waals surface area (Å²) >= 11 is 1.77. The van der Waals surface area contributed by atoms with Crippen molar-refractivity contribution in [3.05, 3.63) is 77.1 Å². The lowest BCUT2D eigenvalue weighted by molar-refractivity contribution is -0.122. The second kappa shape index (κ2) is 15.2. The molecule has 2 saturated heterocycles. The van der Waals surface area contributed by atoms with Gasteiger partial charge in [0.05, 0.1) is 5.69 Å². The number of nitrogens with zero attached hydrogens (tertiary/aromatic N) is 3. The fourth-order valence-corrected chi connectivity index (χ4v) is 6.61. The molecule has 210 valence electrons. The Morgan fingerprint density at radius 2 is 1.72 bits per heavy atom. The molecule has 39 heavy (non-hydrogen) atoms. The summed E-state index contributed by atoms with van der Waals surface area (Å²) in [6.45, 7) is 5.70. The Balaban J connectivity index is 0.000000165. The van der Waals surface area contributed by atoms with Gasteiger partial charge in [0.25, 0.3) is 6.47 Å². The quantitative estimate of drug-likeness (QED) is 0.331. The summed E-state index contributed by atoms with van der Waals surface area (Å²) in [5, 5.41) is 10.3. The first-order valence-electron chi connectivity index (χ1n) is 14.3. The highest BCUT2D eigenvalue weighted by molar-refractivity contribution is 7.13. The van der Waals surface area contributed by atoms with E-state index in [9.17, 15) is 4.39 Å². The number of aromatic nitrogens is 1. The highest BCUT2D eigenvalue weighted by Crippen LogP contribution is 2.33. The van der Waals surface area contributed by atoms with Crippen LogP contribution in [0.25, 0.3) is 10.6 Å². The molecule has 2 aromatic carbocycles. The Bertz CT molecular complexity index is 1130. The molecular weight excluding hydrogens is 509 g/mol. The molecule has 3 heterocycles. The fraction of sp³-hybridized carbons (Fsp3) is 0.500. The van der Waals surface area contributed by atoms with Gasteiger partial charge >= 0.3 is 0 Å². The van der Waals surface area contributed by atoms with E-state index in [1.165, 1.54) is 94.0 Å². The summed E-state index contributed by atoms with van der Waals surface area (Å²) in [7, 11) is 2.20. The Hall–Kier alpha value is -2.61. The second-order valence-corrected chi connectivity index (χ2v) is 11.9. The Kier molecular flexibility index (Phi) is 11.5. The summed E-state index contributed by atoms with van der Waals surface area (Å²) in [4.78, 5) is 18.2. The van der Waals surface area contributed by atoms with E-state index in [4.69, 9.17) is 14.9 Å². The van der Waals surface area contributed by atoms with E-state index in [2.05, 4.69) is 58.6 Å². The maximum absolute atomic E-state index is 13.2. The van der Waals surface area contributed by atoms with E-state index >= 15 is 0 Å². The van der Waals surface area contributed by atoms with Crippen LogP contribution in [-0.2, 0) is 4.79 Å². The smallest absolute Gasteiger partial charge is 0.290 e. The summed E-state index contributed by atoms with van der Waals surface area (Å²) in [6, 6.07) is 17.6. The fourth-order valence-electron chi connectivity index (χ4n) is 5.71. The minimum Gasteiger partial charge on any atom is -0.483 e. The van der Waals surface area contributed by atoms with Gasteiger partial charge in [0, 0.05) is 23.4 Å². The van der Waals surface area contributed by atoms with E-state index in [1.54, 1.807) is 17.4 Å². The molecule has 7 heteroatoms. The highest BCUT2D eigenvalue weighted by atomic mass is 32.1. The standard InChI is InChI=1S/C16H22FN.C15H18N2S.CH2O2/c17-16-6-2-5-14(11-16)15-8-10-18(12-15)9-7-13-3-1-4-13;1-17-9-7-12(8-10-17)14-11-18-15(16-14)13-5-3-2-4-6-13;2-1-3/h2,5-6,11,13,15H,1,3-4,7-10,12H2;2-6,11-12H,7-10H2,1H3;1H,(H,2,3)/t15-;;/m1../s1. The Morgan fingerprint density at radius 3 is 2.38 bits per heavy atom. The van der Waals surface area contributed by atoms with Crippen LogP contribution in [0.1, 0.15) is 68.0 Å². The van der Waals surface area contributed by atoms with Gasteiger partial charge in [-0.1, -0.05) is 61.7 Å². The molecule has 3 fully saturated rings. The maximum atomic E-state index is 13.2. The lowest BCUT2D eigenvalue weighted by atomic mass is 9.83. The molecule has 1 aliphatic carbocycles. The number of carboxylic acid groups (broad SMARTS) is 1. The number of thiazole rings is 1. The van der Waals surface area contributed by atoms with E-state index < -0.39 is 0 Å². The van der Waals surface area contributed by atoms with Crippen LogP contribution in [0.3, 0.4) is 0 Å². The number of likely N-dealkylation sites (tertiary alicyclic amines) is 2. The van der Waals surface area contributed by atoms with Gasteiger partial charge in [-0.3, -0.25) is 4.79 Å². The SMILES string of the molecule is CN1CCC(c2csc(-c3ccccc3)n2)CC1.Fc1cccc([C@@H]2CCN(CCC3CCC3)C2)c1.O=CO.